The summed E-state index contributed by atoms with van der Waals surface area (Å²) < 4.78 is 11.1. The molecule has 1 aliphatic heterocycles. The topological polar surface area (TPSA) is 64.8 Å². The minimum atomic E-state index is -0.568. The maximum atomic E-state index is 12.3. The summed E-state index contributed by atoms with van der Waals surface area (Å²) in [6.45, 7) is 5.96. The van der Waals surface area contributed by atoms with Crippen molar-refractivity contribution in [2.45, 2.75) is 26.0 Å². The van der Waals surface area contributed by atoms with Crippen LogP contribution in [0.2, 0.25) is 5.02 Å². The summed E-state index contributed by atoms with van der Waals surface area (Å²) in [5, 5.41) is 0.599. The summed E-state index contributed by atoms with van der Waals surface area (Å²) in [5.74, 6) is 0.562. The Balaban J connectivity index is 2.08. The second kappa shape index (κ2) is 7.11. The highest BCUT2D eigenvalue weighted by Gasteiger charge is 2.24. The molecule has 2 N–H and O–H groups in total. The van der Waals surface area contributed by atoms with Crippen molar-refractivity contribution in [1.82, 2.24) is 4.90 Å². The van der Waals surface area contributed by atoms with Crippen LogP contribution in [0.5, 0.6) is 5.75 Å². The molecule has 1 amide bonds. The Morgan fingerprint density at radius 2 is 2.05 bits per heavy atom. The molecular weight excluding hydrogens is 292 g/mol. The molecule has 1 saturated heterocycles. The molecule has 2 rings (SSSR count). The number of benzene rings is 1. The van der Waals surface area contributed by atoms with E-state index in [4.69, 9.17) is 26.8 Å². The maximum Gasteiger partial charge on any atom is 0.263 e. The number of halogens is 1. The van der Waals surface area contributed by atoms with E-state index in [9.17, 15) is 4.79 Å². The van der Waals surface area contributed by atoms with E-state index in [1.165, 1.54) is 0 Å². The van der Waals surface area contributed by atoms with Crippen molar-refractivity contribution < 1.29 is 14.3 Å². The highest BCUT2D eigenvalue weighted by molar-refractivity contribution is 6.30. The molecule has 116 valence electrons. The van der Waals surface area contributed by atoms with Gasteiger partial charge in [0.05, 0.1) is 13.2 Å². The van der Waals surface area contributed by atoms with Crippen molar-refractivity contribution in [2.75, 3.05) is 26.3 Å². The molecule has 2 atom stereocenters. The van der Waals surface area contributed by atoms with Crippen molar-refractivity contribution in [1.29, 1.82) is 0 Å². The Morgan fingerprint density at radius 1 is 1.38 bits per heavy atom. The van der Waals surface area contributed by atoms with Crippen LogP contribution in [0, 0.1) is 0 Å². The largest absolute Gasteiger partial charge is 0.481 e. The summed E-state index contributed by atoms with van der Waals surface area (Å²) in [6, 6.07) is 5.04. The molecule has 1 aliphatic rings. The summed E-state index contributed by atoms with van der Waals surface area (Å²) in [6.07, 6.45) is -0.568. The zero-order valence-electron chi connectivity index (χ0n) is 12.3. The van der Waals surface area contributed by atoms with Gasteiger partial charge in [-0.3, -0.25) is 4.79 Å². The van der Waals surface area contributed by atoms with Gasteiger partial charge in [0.25, 0.3) is 5.91 Å². The highest BCUT2D eigenvalue weighted by atomic mass is 35.5. The third kappa shape index (κ3) is 4.09. The fourth-order valence-electron chi connectivity index (χ4n) is 2.26. The Labute approximate surface area is 130 Å². The average molecular weight is 313 g/mol. The third-order valence-corrected chi connectivity index (χ3v) is 3.67. The standard InChI is InChI=1S/C15H21ClN2O3/c1-10(17)13-9-12(16)3-4-14(13)21-11(2)15(19)18-5-7-20-8-6-18/h3-4,9-11H,5-8,17H2,1-2H3/t10-,11?/m1/s1. The summed E-state index contributed by atoms with van der Waals surface area (Å²) in [7, 11) is 0. The molecule has 1 aromatic carbocycles. The normalized spacial score (nSPS) is 18.2. The SMILES string of the molecule is CC(Oc1ccc(Cl)cc1[C@@H](C)N)C(=O)N1CCOCC1. The van der Waals surface area contributed by atoms with Gasteiger partial charge in [-0.1, -0.05) is 11.6 Å². The molecule has 0 bridgehead atoms. The van der Waals surface area contributed by atoms with E-state index in [1.807, 2.05) is 6.92 Å². The minimum Gasteiger partial charge on any atom is -0.481 e. The first-order valence-corrected chi connectivity index (χ1v) is 7.45. The molecule has 5 nitrogen and oxygen atoms in total. The Hall–Kier alpha value is -1.30. The molecule has 0 aliphatic carbocycles. The Bertz CT molecular complexity index is 502. The first-order chi connectivity index (χ1) is 9.99. The highest BCUT2D eigenvalue weighted by Crippen LogP contribution is 2.28. The molecule has 1 unspecified atom stereocenters. The van der Waals surface area contributed by atoms with E-state index in [0.29, 0.717) is 37.1 Å². The number of nitrogens with two attached hydrogens (primary N) is 1. The lowest BCUT2D eigenvalue weighted by Gasteiger charge is -2.29. The average Bonchev–Trinajstić information content (AvgIpc) is 2.49. The third-order valence-electron chi connectivity index (χ3n) is 3.44. The van der Waals surface area contributed by atoms with Gasteiger partial charge in [0, 0.05) is 29.7 Å². The van der Waals surface area contributed by atoms with Gasteiger partial charge in [-0.05, 0) is 32.0 Å². The Morgan fingerprint density at radius 3 is 2.67 bits per heavy atom. The molecule has 1 heterocycles. The van der Waals surface area contributed by atoms with Gasteiger partial charge in [0.2, 0.25) is 0 Å². The molecule has 0 aromatic heterocycles. The zero-order chi connectivity index (χ0) is 15.4. The molecular formula is C15H21ClN2O3. The van der Waals surface area contributed by atoms with Crippen LogP contribution in [-0.4, -0.2) is 43.2 Å². The van der Waals surface area contributed by atoms with E-state index in [1.54, 1.807) is 30.0 Å². The van der Waals surface area contributed by atoms with Crippen LogP contribution in [0.25, 0.3) is 0 Å². The number of amides is 1. The number of carbonyl (C=O) groups excluding carboxylic acids is 1. The molecule has 1 aromatic rings. The predicted octanol–water partition coefficient (Wildman–Crippen LogP) is 1.99. The zero-order valence-corrected chi connectivity index (χ0v) is 13.1. The van der Waals surface area contributed by atoms with E-state index in [0.717, 1.165) is 5.56 Å². The van der Waals surface area contributed by atoms with Crippen molar-refractivity contribution in [2.24, 2.45) is 5.73 Å². The number of hydrogen-bond acceptors (Lipinski definition) is 4. The van der Waals surface area contributed by atoms with E-state index in [2.05, 4.69) is 0 Å². The van der Waals surface area contributed by atoms with Crippen LogP contribution in [0.15, 0.2) is 18.2 Å². The van der Waals surface area contributed by atoms with Crippen molar-refractivity contribution in [3.8, 4) is 5.75 Å². The van der Waals surface area contributed by atoms with E-state index < -0.39 is 6.10 Å². The summed E-state index contributed by atoms with van der Waals surface area (Å²) in [4.78, 5) is 14.1. The summed E-state index contributed by atoms with van der Waals surface area (Å²) >= 11 is 5.98. The lowest BCUT2D eigenvalue weighted by Crippen LogP contribution is -2.46. The first-order valence-electron chi connectivity index (χ1n) is 7.07. The van der Waals surface area contributed by atoms with Crippen molar-refractivity contribution in [3.05, 3.63) is 28.8 Å². The minimum absolute atomic E-state index is 0.0381. The van der Waals surface area contributed by atoms with E-state index >= 15 is 0 Å². The molecule has 0 saturated carbocycles. The van der Waals surface area contributed by atoms with Crippen LogP contribution >= 0.6 is 11.6 Å². The monoisotopic (exact) mass is 312 g/mol. The van der Waals surface area contributed by atoms with E-state index in [-0.39, 0.29) is 11.9 Å². The predicted molar refractivity (Wildman–Crippen MR) is 81.5 cm³/mol. The van der Waals surface area contributed by atoms with Crippen molar-refractivity contribution in [3.63, 3.8) is 0 Å². The van der Waals surface area contributed by atoms with Crippen LogP contribution in [0.4, 0.5) is 0 Å². The van der Waals surface area contributed by atoms with Crippen molar-refractivity contribution >= 4 is 17.5 Å². The maximum absolute atomic E-state index is 12.3. The molecule has 21 heavy (non-hydrogen) atoms. The van der Waals surface area contributed by atoms with Crippen LogP contribution in [0.3, 0.4) is 0 Å². The van der Waals surface area contributed by atoms with Gasteiger partial charge in [0.1, 0.15) is 5.75 Å². The first kappa shape index (κ1) is 16.1. The van der Waals surface area contributed by atoms with Gasteiger partial charge in [-0.15, -0.1) is 0 Å². The van der Waals surface area contributed by atoms with Gasteiger partial charge in [0.15, 0.2) is 6.10 Å². The number of hydrogen-bond donors (Lipinski definition) is 1. The van der Waals surface area contributed by atoms with Crippen LogP contribution < -0.4 is 10.5 Å². The smallest absolute Gasteiger partial charge is 0.263 e. The second-order valence-corrected chi connectivity index (χ2v) is 5.60. The quantitative estimate of drug-likeness (QED) is 0.923. The fourth-order valence-corrected chi connectivity index (χ4v) is 2.44. The molecule has 0 radical (unpaired) electrons. The fraction of sp³-hybridized carbons (Fsp3) is 0.533. The summed E-state index contributed by atoms with van der Waals surface area (Å²) in [5.41, 5.74) is 6.72. The van der Waals surface area contributed by atoms with Gasteiger partial charge in [-0.2, -0.15) is 0 Å². The lowest BCUT2D eigenvalue weighted by molar-refractivity contribution is -0.142. The van der Waals surface area contributed by atoms with Gasteiger partial charge < -0.3 is 20.1 Å². The van der Waals surface area contributed by atoms with Gasteiger partial charge in [-0.25, -0.2) is 0 Å². The lowest BCUT2D eigenvalue weighted by atomic mass is 10.1. The number of nitrogens with zero attached hydrogens (tertiary/aromatic N) is 1. The van der Waals surface area contributed by atoms with Crippen LogP contribution in [-0.2, 0) is 9.53 Å². The Kier molecular flexibility index (Phi) is 5.45. The number of morpholine rings is 1. The number of carbonyl (C=O) groups is 1. The second-order valence-electron chi connectivity index (χ2n) is 5.17. The molecule has 0 spiro atoms. The molecule has 6 heteroatoms. The van der Waals surface area contributed by atoms with Crippen LogP contribution in [0.1, 0.15) is 25.5 Å². The number of ether oxygens (including phenoxy) is 2. The molecule has 1 fully saturated rings. The van der Waals surface area contributed by atoms with Gasteiger partial charge >= 0.3 is 0 Å². The number of rotatable bonds is 4.